The van der Waals surface area contributed by atoms with Crippen LogP contribution in [0.15, 0.2) is 0 Å². The second kappa shape index (κ2) is 5.32. The van der Waals surface area contributed by atoms with Crippen LogP contribution in [0.5, 0.6) is 0 Å². The molecule has 1 saturated heterocycles. The van der Waals surface area contributed by atoms with E-state index in [4.69, 9.17) is 5.11 Å². The van der Waals surface area contributed by atoms with Gasteiger partial charge in [-0.3, -0.25) is 4.79 Å². The lowest BCUT2D eigenvalue weighted by atomic mass is 9.92. The smallest absolute Gasteiger partial charge is 0.223 e. The molecular weight excluding hydrogens is 180 g/mol. The van der Waals surface area contributed by atoms with E-state index in [0.29, 0.717) is 6.04 Å². The summed E-state index contributed by atoms with van der Waals surface area (Å²) < 4.78 is 0. The van der Waals surface area contributed by atoms with Gasteiger partial charge in [-0.05, 0) is 33.2 Å². The molecule has 0 aromatic carbocycles. The van der Waals surface area contributed by atoms with Crippen molar-refractivity contribution in [3.05, 3.63) is 0 Å². The average molecular weight is 200 g/mol. The molecule has 2 unspecified atom stereocenters. The van der Waals surface area contributed by atoms with Gasteiger partial charge in [0.05, 0.1) is 6.61 Å². The first-order valence-electron chi connectivity index (χ1n) is 5.28. The van der Waals surface area contributed by atoms with Crippen molar-refractivity contribution < 1.29 is 9.90 Å². The molecule has 1 aliphatic heterocycles. The van der Waals surface area contributed by atoms with Crippen molar-refractivity contribution in [3.63, 3.8) is 0 Å². The Morgan fingerprint density at radius 2 is 2.43 bits per heavy atom. The van der Waals surface area contributed by atoms with Crippen molar-refractivity contribution in [1.29, 1.82) is 0 Å². The van der Waals surface area contributed by atoms with Crippen LogP contribution >= 0.6 is 0 Å². The highest BCUT2D eigenvalue weighted by Gasteiger charge is 2.25. The lowest BCUT2D eigenvalue weighted by Crippen LogP contribution is -2.45. The summed E-state index contributed by atoms with van der Waals surface area (Å²) in [7, 11) is 0. The summed E-state index contributed by atoms with van der Waals surface area (Å²) in [6.07, 6.45) is 1.79. The Labute approximate surface area is 85.1 Å². The van der Waals surface area contributed by atoms with Gasteiger partial charge >= 0.3 is 0 Å². The number of aliphatic hydroxyl groups is 1. The van der Waals surface area contributed by atoms with Crippen LogP contribution in [-0.2, 0) is 4.79 Å². The van der Waals surface area contributed by atoms with Gasteiger partial charge in [0.25, 0.3) is 0 Å². The molecule has 1 fully saturated rings. The molecule has 1 heterocycles. The van der Waals surface area contributed by atoms with Crippen LogP contribution in [0.3, 0.4) is 0 Å². The predicted molar refractivity (Wildman–Crippen MR) is 54.9 cm³/mol. The summed E-state index contributed by atoms with van der Waals surface area (Å²) in [5.74, 6) is 0.195. The molecule has 4 heteroatoms. The van der Waals surface area contributed by atoms with E-state index >= 15 is 0 Å². The van der Waals surface area contributed by atoms with Crippen LogP contribution in [0, 0.1) is 5.92 Å². The topological polar surface area (TPSA) is 61.4 Å². The Kier molecular flexibility index (Phi) is 4.35. The third-order valence-electron chi connectivity index (χ3n) is 2.66. The summed E-state index contributed by atoms with van der Waals surface area (Å²) in [4.78, 5) is 11.7. The largest absolute Gasteiger partial charge is 0.394 e. The van der Waals surface area contributed by atoms with Crippen molar-refractivity contribution >= 4 is 5.91 Å². The number of nitrogens with one attached hydrogen (secondary N) is 2. The first-order valence-corrected chi connectivity index (χ1v) is 5.28. The quantitative estimate of drug-likeness (QED) is 0.595. The number of amides is 1. The van der Waals surface area contributed by atoms with Gasteiger partial charge in [-0.1, -0.05) is 0 Å². The van der Waals surface area contributed by atoms with Crippen LogP contribution in [0.1, 0.15) is 26.7 Å². The molecule has 0 saturated carbocycles. The maximum atomic E-state index is 11.7. The van der Waals surface area contributed by atoms with E-state index < -0.39 is 0 Å². The number of carbonyl (C=O) groups excluding carboxylic acids is 1. The normalized spacial score (nSPS) is 29.6. The fourth-order valence-electron chi connectivity index (χ4n) is 1.78. The molecule has 0 bridgehead atoms. The molecule has 1 amide bonds. The standard InChI is InChI=1S/C10H20N2O2/c1-7-5-9(3-4-11-7)10(14)12-8(2)6-13/h7-9,11,13H,3-6H2,1-2H3,(H,12,14)/t7?,8-,9?/m0/s1. The van der Waals surface area contributed by atoms with Gasteiger partial charge in [-0.15, -0.1) is 0 Å². The Bertz CT molecular complexity index is 197. The number of piperidine rings is 1. The summed E-state index contributed by atoms with van der Waals surface area (Å²) in [6, 6.07) is 0.289. The van der Waals surface area contributed by atoms with E-state index in [2.05, 4.69) is 17.6 Å². The average Bonchev–Trinajstić information content (AvgIpc) is 2.17. The fraction of sp³-hybridized carbons (Fsp3) is 0.900. The van der Waals surface area contributed by atoms with Crippen LogP contribution in [0.2, 0.25) is 0 Å². The molecule has 0 spiro atoms. The monoisotopic (exact) mass is 200 g/mol. The van der Waals surface area contributed by atoms with Gasteiger partial charge in [-0.25, -0.2) is 0 Å². The van der Waals surface area contributed by atoms with Gasteiger partial charge in [0.15, 0.2) is 0 Å². The summed E-state index contributed by atoms with van der Waals surface area (Å²) in [5.41, 5.74) is 0. The Morgan fingerprint density at radius 3 is 3.00 bits per heavy atom. The minimum Gasteiger partial charge on any atom is -0.394 e. The molecule has 0 aromatic rings. The minimum atomic E-state index is -0.132. The van der Waals surface area contributed by atoms with Gasteiger partial charge in [0, 0.05) is 18.0 Å². The molecular formula is C10H20N2O2. The molecule has 3 atom stereocenters. The molecule has 3 N–H and O–H groups in total. The van der Waals surface area contributed by atoms with E-state index in [9.17, 15) is 4.79 Å². The SMILES string of the molecule is CC1CC(C(=O)N[C@@H](C)CO)CCN1. The van der Waals surface area contributed by atoms with Crippen molar-refractivity contribution in [2.24, 2.45) is 5.92 Å². The number of carbonyl (C=O) groups is 1. The first-order chi connectivity index (χ1) is 6.63. The van der Waals surface area contributed by atoms with Crippen LogP contribution < -0.4 is 10.6 Å². The molecule has 82 valence electrons. The first kappa shape index (κ1) is 11.5. The highest BCUT2D eigenvalue weighted by Crippen LogP contribution is 2.15. The maximum absolute atomic E-state index is 11.7. The highest BCUT2D eigenvalue weighted by molar-refractivity contribution is 5.79. The van der Waals surface area contributed by atoms with Gasteiger partial charge < -0.3 is 15.7 Å². The van der Waals surface area contributed by atoms with E-state index in [1.165, 1.54) is 0 Å². The third kappa shape index (κ3) is 3.27. The molecule has 0 radical (unpaired) electrons. The second-order valence-corrected chi connectivity index (χ2v) is 4.17. The molecule has 0 aliphatic carbocycles. The second-order valence-electron chi connectivity index (χ2n) is 4.17. The maximum Gasteiger partial charge on any atom is 0.223 e. The molecule has 14 heavy (non-hydrogen) atoms. The van der Waals surface area contributed by atoms with Crippen LogP contribution in [0.25, 0.3) is 0 Å². The zero-order chi connectivity index (χ0) is 10.6. The summed E-state index contributed by atoms with van der Waals surface area (Å²) >= 11 is 0. The van der Waals surface area contributed by atoms with Crippen molar-refractivity contribution in [2.75, 3.05) is 13.2 Å². The number of hydrogen-bond donors (Lipinski definition) is 3. The predicted octanol–water partition coefficient (Wildman–Crippen LogP) is -0.128. The molecule has 4 nitrogen and oxygen atoms in total. The third-order valence-corrected chi connectivity index (χ3v) is 2.66. The Balaban J connectivity index is 2.36. The van der Waals surface area contributed by atoms with Gasteiger partial charge in [0.2, 0.25) is 5.91 Å². The van der Waals surface area contributed by atoms with Crippen molar-refractivity contribution in [1.82, 2.24) is 10.6 Å². The van der Waals surface area contributed by atoms with Crippen LogP contribution in [-0.4, -0.2) is 36.2 Å². The molecule has 0 aromatic heterocycles. The summed E-state index contributed by atoms with van der Waals surface area (Å²) in [5, 5.41) is 14.9. The zero-order valence-electron chi connectivity index (χ0n) is 8.92. The minimum absolute atomic E-state index is 0.00621. The van der Waals surface area contributed by atoms with E-state index in [1.54, 1.807) is 0 Å². The van der Waals surface area contributed by atoms with Gasteiger partial charge in [-0.2, -0.15) is 0 Å². The van der Waals surface area contributed by atoms with Crippen molar-refractivity contribution in [3.8, 4) is 0 Å². The van der Waals surface area contributed by atoms with Crippen LogP contribution in [0.4, 0.5) is 0 Å². The highest BCUT2D eigenvalue weighted by atomic mass is 16.3. The number of hydrogen-bond acceptors (Lipinski definition) is 3. The molecule has 1 aliphatic rings. The van der Waals surface area contributed by atoms with Gasteiger partial charge in [0.1, 0.15) is 0 Å². The van der Waals surface area contributed by atoms with Crippen molar-refractivity contribution in [2.45, 2.75) is 38.8 Å². The molecule has 1 rings (SSSR count). The summed E-state index contributed by atoms with van der Waals surface area (Å²) in [6.45, 7) is 4.82. The van der Waals surface area contributed by atoms with E-state index in [1.807, 2.05) is 6.92 Å². The number of aliphatic hydroxyl groups excluding tert-OH is 1. The van der Waals surface area contributed by atoms with E-state index in [-0.39, 0.29) is 24.5 Å². The number of rotatable bonds is 3. The fourth-order valence-corrected chi connectivity index (χ4v) is 1.78. The Morgan fingerprint density at radius 1 is 1.71 bits per heavy atom. The van der Waals surface area contributed by atoms with E-state index in [0.717, 1.165) is 19.4 Å². The Hall–Kier alpha value is -0.610. The lowest BCUT2D eigenvalue weighted by Gasteiger charge is -2.27. The zero-order valence-corrected chi connectivity index (χ0v) is 8.92. The lowest BCUT2D eigenvalue weighted by molar-refractivity contribution is -0.127.